The van der Waals surface area contributed by atoms with Crippen LogP contribution in [-0.4, -0.2) is 41.3 Å². The number of piperazine rings is 1. The summed E-state index contributed by atoms with van der Waals surface area (Å²) in [7, 11) is 0. The van der Waals surface area contributed by atoms with Gasteiger partial charge >= 0.3 is 0 Å². The number of benzene rings is 1. The van der Waals surface area contributed by atoms with Crippen LogP contribution >= 0.6 is 23.2 Å². The lowest BCUT2D eigenvalue weighted by Crippen LogP contribution is -2.46. The highest BCUT2D eigenvalue weighted by molar-refractivity contribution is 6.34. The molecule has 1 aliphatic rings. The number of aromatic amines is 1. The molecule has 1 saturated heterocycles. The first-order valence-corrected chi connectivity index (χ1v) is 8.21. The number of anilines is 1. The van der Waals surface area contributed by atoms with E-state index in [0.717, 1.165) is 31.7 Å². The molecule has 3 rings (SSSR count). The summed E-state index contributed by atoms with van der Waals surface area (Å²) >= 11 is 12.3. The van der Waals surface area contributed by atoms with Crippen molar-refractivity contribution in [1.29, 1.82) is 0 Å². The fourth-order valence-electron chi connectivity index (χ4n) is 2.76. The predicted octanol–water partition coefficient (Wildman–Crippen LogP) is 2.95. The van der Waals surface area contributed by atoms with Gasteiger partial charge in [-0.3, -0.25) is 9.69 Å². The molecule has 0 saturated carbocycles. The molecule has 0 amide bonds. The van der Waals surface area contributed by atoms with Crippen molar-refractivity contribution < 1.29 is 0 Å². The minimum absolute atomic E-state index is 0.172. The molecule has 0 unspecified atom stereocenters. The Balaban J connectivity index is 1.67. The number of aromatic nitrogens is 2. The van der Waals surface area contributed by atoms with E-state index in [2.05, 4.69) is 24.8 Å². The maximum Gasteiger partial charge on any atom is 0.285 e. The van der Waals surface area contributed by atoms with Crippen molar-refractivity contribution in [3.8, 4) is 0 Å². The van der Waals surface area contributed by atoms with E-state index in [1.807, 2.05) is 12.1 Å². The van der Waals surface area contributed by atoms with Crippen LogP contribution in [0.2, 0.25) is 10.0 Å². The Labute approximate surface area is 149 Å². The first-order valence-electron chi connectivity index (χ1n) is 7.45. The molecule has 0 atom stereocenters. The standard InChI is InChI=1S/C16H15Cl2N5O/c1-19-12-4-2-3-11(14(12)17)10-22-5-7-23(8-6-22)13-9-20-21-16(24)15(13)18/h2-4,9H,5-8,10H2,(H,21,24). The van der Waals surface area contributed by atoms with Crippen molar-refractivity contribution in [3.05, 3.63) is 61.8 Å². The van der Waals surface area contributed by atoms with Crippen molar-refractivity contribution in [2.45, 2.75) is 6.54 Å². The fraction of sp³-hybridized carbons (Fsp3) is 0.312. The molecule has 1 aromatic carbocycles. The number of H-pyrrole nitrogens is 1. The van der Waals surface area contributed by atoms with Crippen LogP contribution in [0.1, 0.15) is 5.56 Å². The maximum atomic E-state index is 11.6. The quantitative estimate of drug-likeness (QED) is 0.851. The van der Waals surface area contributed by atoms with Gasteiger partial charge in [-0.2, -0.15) is 5.10 Å². The Morgan fingerprint density at radius 1 is 1.21 bits per heavy atom. The molecule has 8 heteroatoms. The average molecular weight is 364 g/mol. The lowest BCUT2D eigenvalue weighted by atomic mass is 10.1. The van der Waals surface area contributed by atoms with Crippen LogP contribution < -0.4 is 10.5 Å². The van der Waals surface area contributed by atoms with Gasteiger partial charge in [0.15, 0.2) is 0 Å². The molecule has 124 valence electrons. The zero-order valence-electron chi connectivity index (χ0n) is 12.8. The van der Waals surface area contributed by atoms with Gasteiger partial charge in [-0.25, -0.2) is 9.94 Å². The van der Waals surface area contributed by atoms with E-state index in [-0.39, 0.29) is 10.6 Å². The average Bonchev–Trinajstić information content (AvgIpc) is 2.60. The Kier molecular flexibility index (Phi) is 5.05. The predicted molar refractivity (Wildman–Crippen MR) is 95.1 cm³/mol. The van der Waals surface area contributed by atoms with E-state index in [4.69, 9.17) is 29.8 Å². The molecule has 0 bridgehead atoms. The molecule has 2 heterocycles. The Hall–Kier alpha value is -2.07. The van der Waals surface area contributed by atoms with Crippen LogP contribution in [0.3, 0.4) is 0 Å². The largest absolute Gasteiger partial charge is 0.366 e. The maximum absolute atomic E-state index is 11.6. The summed E-state index contributed by atoms with van der Waals surface area (Å²) in [6.07, 6.45) is 1.58. The summed E-state index contributed by atoms with van der Waals surface area (Å²) in [5, 5.41) is 6.84. The van der Waals surface area contributed by atoms with Crippen molar-refractivity contribution in [2.75, 3.05) is 31.1 Å². The van der Waals surface area contributed by atoms with Crippen LogP contribution in [0.4, 0.5) is 11.4 Å². The van der Waals surface area contributed by atoms with E-state index in [1.54, 1.807) is 12.3 Å². The zero-order valence-corrected chi connectivity index (χ0v) is 14.3. The third kappa shape index (κ3) is 3.39. The lowest BCUT2D eigenvalue weighted by Gasteiger charge is -2.36. The lowest BCUT2D eigenvalue weighted by molar-refractivity contribution is 0.250. The molecule has 0 aliphatic carbocycles. The van der Waals surface area contributed by atoms with Crippen molar-refractivity contribution in [2.24, 2.45) is 0 Å². The van der Waals surface area contributed by atoms with Crippen molar-refractivity contribution in [1.82, 2.24) is 15.1 Å². The number of rotatable bonds is 3. The van der Waals surface area contributed by atoms with Crippen LogP contribution in [0, 0.1) is 6.57 Å². The van der Waals surface area contributed by atoms with Gasteiger partial charge in [0.25, 0.3) is 5.56 Å². The normalized spacial score (nSPS) is 15.3. The third-order valence-corrected chi connectivity index (χ3v) is 4.86. The zero-order chi connectivity index (χ0) is 17.1. The summed E-state index contributed by atoms with van der Waals surface area (Å²) in [6.45, 7) is 10.9. The minimum Gasteiger partial charge on any atom is -0.366 e. The molecule has 1 aromatic heterocycles. The number of hydrogen-bond donors (Lipinski definition) is 1. The van der Waals surface area contributed by atoms with Crippen LogP contribution in [0.15, 0.2) is 29.2 Å². The highest BCUT2D eigenvalue weighted by Crippen LogP contribution is 2.29. The van der Waals surface area contributed by atoms with Gasteiger partial charge in [0.05, 0.1) is 23.5 Å². The molecule has 6 nitrogen and oxygen atoms in total. The molecule has 0 spiro atoms. The van der Waals surface area contributed by atoms with Gasteiger partial charge in [-0.05, 0) is 5.56 Å². The first-order chi connectivity index (χ1) is 11.6. The van der Waals surface area contributed by atoms with E-state index in [1.165, 1.54) is 0 Å². The van der Waals surface area contributed by atoms with Crippen molar-refractivity contribution >= 4 is 34.6 Å². The van der Waals surface area contributed by atoms with Gasteiger partial charge in [-0.15, -0.1) is 0 Å². The second-order valence-corrected chi connectivity index (χ2v) is 6.28. The van der Waals surface area contributed by atoms with E-state index < -0.39 is 0 Å². The number of nitrogens with one attached hydrogen (secondary N) is 1. The number of hydrogen-bond acceptors (Lipinski definition) is 4. The highest BCUT2D eigenvalue weighted by atomic mass is 35.5. The third-order valence-electron chi connectivity index (χ3n) is 4.06. The molecular formula is C16H15Cl2N5O. The van der Waals surface area contributed by atoms with E-state index in [9.17, 15) is 4.79 Å². The topological polar surface area (TPSA) is 56.6 Å². The van der Waals surface area contributed by atoms with Crippen LogP contribution in [-0.2, 0) is 6.54 Å². The molecule has 24 heavy (non-hydrogen) atoms. The SMILES string of the molecule is [C-]#[N+]c1cccc(CN2CCN(c3cn[nH]c(=O)c3Cl)CC2)c1Cl. The molecule has 0 radical (unpaired) electrons. The summed E-state index contributed by atoms with van der Waals surface area (Å²) < 4.78 is 0. The Morgan fingerprint density at radius 2 is 1.96 bits per heavy atom. The number of nitrogens with zero attached hydrogens (tertiary/aromatic N) is 4. The van der Waals surface area contributed by atoms with Crippen LogP contribution in [0.5, 0.6) is 0 Å². The van der Waals surface area contributed by atoms with Crippen molar-refractivity contribution in [3.63, 3.8) is 0 Å². The summed E-state index contributed by atoms with van der Waals surface area (Å²) in [5.41, 5.74) is 1.72. The Morgan fingerprint density at radius 3 is 2.67 bits per heavy atom. The van der Waals surface area contributed by atoms with Gasteiger partial charge in [0.2, 0.25) is 5.69 Å². The summed E-state index contributed by atoms with van der Waals surface area (Å²) in [5.74, 6) is 0. The minimum atomic E-state index is -0.376. The summed E-state index contributed by atoms with van der Waals surface area (Å²) in [4.78, 5) is 19.3. The first kappa shape index (κ1) is 16.8. The second-order valence-electron chi connectivity index (χ2n) is 5.52. The molecule has 2 aromatic rings. The van der Waals surface area contributed by atoms with E-state index >= 15 is 0 Å². The highest BCUT2D eigenvalue weighted by Gasteiger charge is 2.21. The molecular weight excluding hydrogens is 349 g/mol. The van der Waals surface area contributed by atoms with E-state index in [0.29, 0.717) is 22.9 Å². The molecule has 1 aliphatic heterocycles. The van der Waals surface area contributed by atoms with Crippen LogP contribution in [0.25, 0.3) is 4.85 Å². The fourth-order valence-corrected chi connectivity index (χ4v) is 3.20. The Bertz CT molecular complexity index is 837. The van der Waals surface area contributed by atoms with Gasteiger partial charge in [0, 0.05) is 32.7 Å². The molecule has 1 fully saturated rings. The second kappa shape index (κ2) is 7.22. The monoisotopic (exact) mass is 363 g/mol. The molecule has 1 N–H and O–H groups in total. The number of halogens is 2. The van der Waals surface area contributed by atoms with Gasteiger partial charge in [-0.1, -0.05) is 41.4 Å². The smallest absolute Gasteiger partial charge is 0.285 e. The summed E-state index contributed by atoms with van der Waals surface area (Å²) in [6, 6.07) is 5.52. The van der Waals surface area contributed by atoms with Gasteiger partial charge < -0.3 is 4.90 Å². The van der Waals surface area contributed by atoms with Gasteiger partial charge in [0.1, 0.15) is 5.02 Å².